The van der Waals surface area contributed by atoms with E-state index in [1.165, 1.54) is 19.3 Å². The lowest BCUT2D eigenvalue weighted by atomic mass is 9.83. The summed E-state index contributed by atoms with van der Waals surface area (Å²) in [5.74, 6) is 0.651. The van der Waals surface area contributed by atoms with Crippen molar-refractivity contribution in [2.24, 2.45) is 5.92 Å². The molecular formula is C13H19N3O2. The van der Waals surface area contributed by atoms with Crippen molar-refractivity contribution in [2.75, 3.05) is 6.61 Å². The minimum Gasteiger partial charge on any atom is -0.465 e. The van der Waals surface area contributed by atoms with Crippen molar-refractivity contribution in [3.8, 4) is 0 Å². The van der Waals surface area contributed by atoms with Crippen LogP contribution in [0.4, 0.5) is 0 Å². The molecule has 3 rings (SSSR count). The highest BCUT2D eigenvalue weighted by Crippen LogP contribution is 2.29. The quantitative estimate of drug-likeness (QED) is 0.786. The highest BCUT2D eigenvalue weighted by atomic mass is 16.5. The van der Waals surface area contributed by atoms with Crippen LogP contribution >= 0.6 is 0 Å². The molecule has 5 heteroatoms. The van der Waals surface area contributed by atoms with E-state index in [1.807, 2.05) is 0 Å². The van der Waals surface area contributed by atoms with Gasteiger partial charge in [0.1, 0.15) is 6.04 Å². The third-order valence-corrected chi connectivity index (χ3v) is 4.01. The second-order valence-electron chi connectivity index (χ2n) is 5.22. The first-order chi connectivity index (χ1) is 8.83. The number of fused-ring (bicyclic) bond motifs is 1. The fourth-order valence-electron chi connectivity index (χ4n) is 2.54. The second-order valence-corrected chi connectivity index (χ2v) is 5.22. The Morgan fingerprint density at radius 2 is 2.39 bits per heavy atom. The van der Waals surface area contributed by atoms with Gasteiger partial charge in [-0.3, -0.25) is 10.1 Å². The Hall–Kier alpha value is -1.36. The Morgan fingerprint density at radius 3 is 3.17 bits per heavy atom. The average molecular weight is 249 g/mol. The molecule has 2 N–H and O–H groups in total. The molecule has 0 spiro atoms. The van der Waals surface area contributed by atoms with Gasteiger partial charge in [0.15, 0.2) is 0 Å². The first-order valence-electron chi connectivity index (χ1n) is 6.74. The summed E-state index contributed by atoms with van der Waals surface area (Å²) in [6.07, 6.45) is 7.26. The zero-order valence-electron chi connectivity index (χ0n) is 10.4. The Balaban J connectivity index is 1.45. The summed E-state index contributed by atoms with van der Waals surface area (Å²) in [7, 11) is 0. The maximum Gasteiger partial charge on any atom is 0.323 e. The largest absolute Gasteiger partial charge is 0.465 e. The number of esters is 1. The first kappa shape index (κ1) is 11.7. The van der Waals surface area contributed by atoms with Gasteiger partial charge < -0.3 is 9.72 Å². The minimum atomic E-state index is -0.234. The van der Waals surface area contributed by atoms with E-state index in [4.69, 9.17) is 4.74 Å². The molecule has 0 saturated heterocycles. The van der Waals surface area contributed by atoms with Gasteiger partial charge in [-0.1, -0.05) is 19.3 Å². The SMILES string of the molecule is O=C(OCCC1CCC1)C1Cc2nc[nH]c2CN1. The summed E-state index contributed by atoms with van der Waals surface area (Å²) in [5, 5.41) is 3.18. The second kappa shape index (κ2) is 5.10. The van der Waals surface area contributed by atoms with Gasteiger partial charge in [0.25, 0.3) is 0 Å². The number of hydrogen-bond donors (Lipinski definition) is 2. The van der Waals surface area contributed by atoms with E-state index >= 15 is 0 Å². The maximum atomic E-state index is 11.9. The zero-order chi connectivity index (χ0) is 12.4. The summed E-state index contributed by atoms with van der Waals surface area (Å²) in [6, 6.07) is -0.234. The summed E-state index contributed by atoms with van der Waals surface area (Å²) in [4.78, 5) is 19.2. The molecule has 1 aliphatic heterocycles. The number of ether oxygens (including phenoxy) is 1. The van der Waals surface area contributed by atoms with E-state index < -0.39 is 0 Å². The molecule has 1 aromatic rings. The van der Waals surface area contributed by atoms with Crippen molar-refractivity contribution in [3.63, 3.8) is 0 Å². The van der Waals surface area contributed by atoms with Gasteiger partial charge in [0.2, 0.25) is 0 Å². The summed E-state index contributed by atoms with van der Waals surface area (Å²) >= 11 is 0. The van der Waals surface area contributed by atoms with Crippen LogP contribution in [0.25, 0.3) is 0 Å². The average Bonchev–Trinajstić information content (AvgIpc) is 2.79. The van der Waals surface area contributed by atoms with E-state index in [2.05, 4.69) is 15.3 Å². The van der Waals surface area contributed by atoms with E-state index in [-0.39, 0.29) is 12.0 Å². The third kappa shape index (κ3) is 2.41. The van der Waals surface area contributed by atoms with Crippen molar-refractivity contribution in [2.45, 2.75) is 44.7 Å². The van der Waals surface area contributed by atoms with E-state index in [1.54, 1.807) is 6.33 Å². The monoisotopic (exact) mass is 249 g/mol. The van der Waals surface area contributed by atoms with Crippen LogP contribution in [0.3, 0.4) is 0 Å². The van der Waals surface area contributed by atoms with Gasteiger partial charge >= 0.3 is 5.97 Å². The molecule has 1 aliphatic carbocycles. The first-order valence-corrected chi connectivity index (χ1v) is 6.74. The number of nitrogens with zero attached hydrogens (tertiary/aromatic N) is 1. The molecule has 0 aromatic carbocycles. The number of imidazole rings is 1. The number of carbonyl (C=O) groups excluding carboxylic acids is 1. The molecule has 0 amide bonds. The standard InChI is InChI=1S/C13H19N3O2/c17-13(18-5-4-9-2-1-3-9)11-6-10-12(7-14-11)16-8-15-10/h8-9,11,14H,1-7H2,(H,15,16). The van der Waals surface area contributed by atoms with Crippen molar-refractivity contribution in [1.82, 2.24) is 15.3 Å². The van der Waals surface area contributed by atoms with Crippen LogP contribution in [0.15, 0.2) is 6.33 Å². The van der Waals surface area contributed by atoms with Crippen LogP contribution in [-0.2, 0) is 22.5 Å². The predicted molar refractivity (Wildman–Crippen MR) is 65.8 cm³/mol. The van der Waals surface area contributed by atoms with Crippen LogP contribution in [0, 0.1) is 5.92 Å². The van der Waals surface area contributed by atoms with Crippen LogP contribution in [-0.4, -0.2) is 28.6 Å². The zero-order valence-corrected chi connectivity index (χ0v) is 10.4. The van der Waals surface area contributed by atoms with Crippen molar-refractivity contribution in [3.05, 3.63) is 17.7 Å². The summed E-state index contributed by atoms with van der Waals surface area (Å²) < 4.78 is 5.34. The number of hydrogen-bond acceptors (Lipinski definition) is 4. The smallest absolute Gasteiger partial charge is 0.323 e. The van der Waals surface area contributed by atoms with Crippen molar-refractivity contribution in [1.29, 1.82) is 0 Å². The van der Waals surface area contributed by atoms with E-state index in [9.17, 15) is 4.79 Å². The molecule has 1 atom stereocenters. The molecule has 2 heterocycles. The lowest BCUT2D eigenvalue weighted by Gasteiger charge is -2.26. The van der Waals surface area contributed by atoms with Gasteiger partial charge in [-0.15, -0.1) is 0 Å². The molecule has 1 unspecified atom stereocenters. The molecule has 5 nitrogen and oxygen atoms in total. The Labute approximate surface area is 106 Å². The van der Waals surface area contributed by atoms with Crippen molar-refractivity contribution >= 4 is 5.97 Å². The van der Waals surface area contributed by atoms with Crippen LogP contribution < -0.4 is 5.32 Å². The fourth-order valence-corrected chi connectivity index (χ4v) is 2.54. The van der Waals surface area contributed by atoms with Crippen LogP contribution in [0.5, 0.6) is 0 Å². The number of rotatable bonds is 4. The van der Waals surface area contributed by atoms with Gasteiger partial charge in [0.05, 0.1) is 24.3 Å². The lowest BCUT2D eigenvalue weighted by Crippen LogP contribution is -2.43. The van der Waals surface area contributed by atoms with Crippen LogP contribution in [0.2, 0.25) is 0 Å². The molecule has 2 aliphatic rings. The fraction of sp³-hybridized carbons (Fsp3) is 0.692. The normalized spacial score (nSPS) is 23.2. The molecule has 1 fully saturated rings. The molecule has 1 aromatic heterocycles. The lowest BCUT2D eigenvalue weighted by molar-refractivity contribution is -0.147. The highest BCUT2D eigenvalue weighted by molar-refractivity contribution is 5.76. The Bertz CT molecular complexity index is 426. The molecular weight excluding hydrogens is 230 g/mol. The van der Waals surface area contributed by atoms with Gasteiger partial charge in [-0.2, -0.15) is 0 Å². The Kier molecular flexibility index (Phi) is 3.32. The predicted octanol–water partition coefficient (Wildman–Crippen LogP) is 1.16. The third-order valence-electron chi connectivity index (χ3n) is 4.01. The highest BCUT2D eigenvalue weighted by Gasteiger charge is 2.27. The van der Waals surface area contributed by atoms with Gasteiger partial charge in [-0.25, -0.2) is 4.98 Å². The van der Waals surface area contributed by atoms with E-state index in [0.29, 0.717) is 19.6 Å². The number of carbonyl (C=O) groups is 1. The summed E-state index contributed by atoms with van der Waals surface area (Å²) in [5.41, 5.74) is 2.06. The van der Waals surface area contributed by atoms with Crippen LogP contribution in [0.1, 0.15) is 37.1 Å². The molecule has 0 radical (unpaired) electrons. The Morgan fingerprint density at radius 1 is 1.50 bits per heavy atom. The van der Waals surface area contributed by atoms with Gasteiger partial charge in [0, 0.05) is 13.0 Å². The topological polar surface area (TPSA) is 67.0 Å². The van der Waals surface area contributed by atoms with E-state index in [0.717, 1.165) is 23.7 Å². The molecule has 1 saturated carbocycles. The molecule has 98 valence electrons. The number of H-pyrrole nitrogens is 1. The summed E-state index contributed by atoms with van der Waals surface area (Å²) in [6.45, 7) is 1.23. The number of aromatic nitrogens is 2. The number of aromatic amines is 1. The minimum absolute atomic E-state index is 0.136. The van der Waals surface area contributed by atoms with Gasteiger partial charge in [-0.05, 0) is 12.3 Å². The number of nitrogens with one attached hydrogen (secondary N) is 2. The molecule has 18 heavy (non-hydrogen) atoms. The maximum absolute atomic E-state index is 11.9. The molecule has 0 bridgehead atoms. The van der Waals surface area contributed by atoms with Crippen molar-refractivity contribution < 1.29 is 9.53 Å².